The van der Waals surface area contributed by atoms with Gasteiger partial charge in [0, 0.05) is 12.2 Å². The molecule has 6 nitrogen and oxygen atoms in total. The number of nitrogens with one attached hydrogen (secondary N) is 1. The number of furan rings is 1. The van der Waals surface area contributed by atoms with E-state index in [4.69, 9.17) is 9.40 Å². The first-order valence-electron chi connectivity index (χ1n) is 9.18. The van der Waals surface area contributed by atoms with E-state index in [2.05, 4.69) is 22.2 Å². The summed E-state index contributed by atoms with van der Waals surface area (Å²) >= 11 is 0. The van der Waals surface area contributed by atoms with Crippen molar-refractivity contribution >= 4 is 28.0 Å². The van der Waals surface area contributed by atoms with E-state index in [9.17, 15) is 5.11 Å². The van der Waals surface area contributed by atoms with Crippen molar-refractivity contribution in [1.82, 2.24) is 15.0 Å². The fraction of sp³-hybridized carbons (Fsp3) is 0.526. The Hall–Kier alpha value is -2.21. The Morgan fingerprint density at radius 1 is 1.24 bits per heavy atom. The molecule has 2 N–H and O–H groups in total. The molecule has 0 amide bonds. The van der Waals surface area contributed by atoms with Gasteiger partial charge in [-0.2, -0.15) is 0 Å². The van der Waals surface area contributed by atoms with Gasteiger partial charge in [0.1, 0.15) is 11.8 Å². The largest absolute Gasteiger partial charge is 0.432 e. The zero-order valence-corrected chi connectivity index (χ0v) is 14.8. The number of aliphatic hydroxyl groups excluding tert-OH is 1. The summed E-state index contributed by atoms with van der Waals surface area (Å²) in [7, 11) is 0. The lowest BCUT2D eigenvalue weighted by atomic mass is 9.88. The minimum atomic E-state index is -0.462. The van der Waals surface area contributed by atoms with Crippen molar-refractivity contribution in [3.8, 4) is 0 Å². The van der Waals surface area contributed by atoms with E-state index in [1.54, 1.807) is 13.3 Å². The second kappa shape index (κ2) is 6.59. The highest BCUT2D eigenvalue weighted by molar-refractivity contribution is 6.06. The average Bonchev–Trinajstić information content (AvgIpc) is 2.99. The van der Waals surface area contributed by atoms with Crippen molar-refractivity contribution in [1.29, 1.82) is 0 Å². The van der Waals surface area contributed by atoms with Crippen molar-refractivity contribution in [3.63, 3.8) is 0 Å². The van der Waals surface area contributed by atoms with Gasteiger partial charge in [-0.25, -0.2) is 15.0 Å². The van der Waals surface area contributed by atoms with Crippen molar-refractivity contribution in [3.05, 3.63) is 23.1 Å². The Morgan fingerprint density at radius 2 is 2.04 bits per heavy atom. The SMILES string of the molecule is CCCc1nc2oc3c(NC[C@@H](C)O)ncnc3c2c2c1CCCC2. The molecule has 0 aromatic carbocycles. The van der Waals surface area contributed by atoms with Gasteiger partial charge in [-0.3, -0.25) is 0 Å². The highest BCUT2D eigenvalue weighted by atomic mass is 16.3. The molecule has 0 saturated carbocycles. The Bertz CT molecular complexity index is 917. The number of fused-ring (bicyclic) bond motifs is 5. The predicted molar refractivity (Wildman–Crippen MR) is 97.9 cm³/mol. The maximum Gasteiger partial charge on any atom is 0.229 e. The zero-order chi connectivity index (χ0) is 17.4. The maximum absolute atomic E-state index is 9.53. The molecule has 0 aliphatic heterocycles. The normalized spacial score (nSPS) is 15.5. The van der Waals surface area contributed by atoms with Gasteiger partial charge in [-0.15, -0.1) is 0 Å². The number of aryl methyl sites for hydroxylation is 2. The summed E-state index contributed by atoms with van der Waals surface area (Å²) in [5.41, 5.74) is 6.06. The van der Waals surface area contributed by atoms with Crippen LogP contribution in [0.25, 0.3) is 22.2 Å². The van der Waals surface area contributed by atoms with Gasteiger partial charge >= 0.3 is 0 Å². The van der Waals surface area contributed by atoms with Crippen LogP contribution in [0.1, 0.15) is 49.9 Å². The van der Waals surface area contributed by atoms with Gasteiger partial charge in [0.05, 0.1) is 11.5 Å². The van der Waals surface area contributed by atoms with Gasteiger partial charge in [-0.1, -0.05) is 13.3 Å². The fourth-order valence-electron chi connectivity index (χ4n) is 3.75. The molecule has 1 aliphatic rings. The van der Waals surface area contributed by atoms with Crippen LogP contribution >= 0.6 is 0 Å². The van der Waals surface area contributed by atoms with Crippen molar-refractivity contribution in [2.45, 2.75) is 58.5 Å². The smallest absolute Gasteiger partial charge is 0.229 e. The molecular formula is C19H24N4O2. The van der Waals surface area contributed by atoms with Crippen LogP contribution in [0.3, 0.4) is 0 Å². The molecule has 3 aromatic heterocycles. The molecule has 3 heterocycles. The minimum Gasteiger partial charge on any atom is -0.432 e. The van der Waals surface area contributed by atoms with Crippen molar-refractivity contribution in [2.75, 3.05) is 11.9 Å². The van der Waals surface area contributed by atoms with Gasteiger partial charge in [0.2, 0.25) is 5.71 Å². The molecule has 0 fully saturated rings. The first kappa shape index (κ1) is 16.3. The molecular weight excluding hydrogens is 316 g/mol. The third-order valence-corrected chi connectivity index (χ3v) is 4.86. The number of hydrogen-bond donors (Lipinski definition) is 2. The van der Waals surface area contributed by atoms with E-state index in [-0.39, 0.29) is 0 Å². The molecule has 1 aliphatic carbocycles. The summed E-state index contributed by atoms with van der Waals surface area (Å²) in [4.78, 5) is 13.6. The number of rotatable bonds is 5. The van der Waals surface area contributed by atoms with Gasteiger partial charge in [-0.05, 0) is 50.2 Å². The monoisotopic (exact) mass is 340 g/mol. The van der Waals surface area contributed by atoms with Crippen LogP contribution in [0, 0.1) is 0 Å². The summed E-state index contributed by atoms with van der Waals surface area (Å²) in [5, 5.41) is 13.7. The Balaban J connectivity index is 1.94. The summed E-state index contributed by atoms with van der Waals surface area (Å²) in [5.74, 6) is 0.616. The van der Waals surface area contributed by atoms with Crippen molar-refractivity contribution < 1.29 is 9.52 Å². The topological polar surface area (TPSA) is 84.1 Å². The zero-order valence-electron chi connectivity index (χ0n) is 14.8. The van der Waals surface area contributed by atoms with E-state index in [1.807, 2.05) is 0 Å². The number of nitrogens with zero attached hydrogens (tertiary/aromatic N) is 3. The quantitative estimate of drug-likeness (QED) is 0.740. The van der Waals surface area contributed by atoms with Crippen LogP contribution in [-0.2, 0) is 19.3 Å². The molecule has 3 aromatic rings. The molecule has 0 spiro atoms. The Labute approximate surface area is 146 Å². The molecule has 6 heteroatoms. The number of aliphatic hydroxyl groups is 1. The van der Waals surface area contributed by atoms with Crippen LogP contribution in [-0.4, -0.2) is 32.7 Å². The molecule has 25 heavy (non-hydrogen) atoms. The third-order valence-electron chi connectivity index (χ3n) is 4.86. The molecule has 4 rings (SSSR count). The average molecular weight is 340 g/mol. The lowest BCUT2D eigenvalue weighted by Crippen LogP contribution is -2.16. The standard InChI is InChI=1S/C19H24N4O2/c1-3-6-14-12-7-4-5-8-13(12)15-16-17(25-19(15)23-14)18(22-10-21-16)20-9-11(2)24/h10-11,24H,3-9H2,1-2H3,(H,20,21,22)/t11-/m1/s1. The van der Waals surface area contributed by atoms with Gasteiger partial charge < -0.3 is 14.8 Å². The second-order valence-corrected chi connectivity index (χ2v) is 6.88. The summed E-state index contributed by atoms with van der Waals surface area (Å²) in [6, 6.07) is 0. The molecule has 0 radical (unpaired) electrons. The van der Waals surface area contributed by atoms with Crippen LogP contribution in [0.15, 0.2) is 10.7 Å². The highest BCUT2D eigenvalue weighted by Gasteiger charge is 2.24. The number of hydrogen-bond acceptors (Lipinski definition) is 6. The van der Waals surface area contributed by atoms with E-state index >= 15 is 0 Å². The van der Waals surface area contributed by atoms with Crippen LogP contribution in [0.5, 0.6) is 0 Å². The third kappa shape index (κ3) is 2.84. The summed E-state index contributed by atoms with van der Waals surface area (Å²) < 4.78 is 6.09. The van der Waals surface area contributed by atoms with E-state index in [0.717, 1.165) is 36.6 Å². The Kier molecular flexibility index (Phi) is 4.29. The van der Waals surface area contributed by atoms with Crippen LogP contribution in [0.2, 0.25) is 0 Å². The molecule has 132 valence electrons. The lowest BCUT2D eigenvalue weighted by Gasteiger charge is -2.19. The van der Waals surface area contributed by atoms with Gasteiger partial charge in [0.15, 0.2) is 11.4 Å². The second-order valence-electron chi connectivity index (χ2n) is 6.88. The molecule has 0 bridgehead atoms. The maximum atomic E-state index is 9.53. The molecule has 0 unspecified atom stereocenters. The number of pyridine rings is 1. The van der Waals surface area contributed by atoms with E-state index < -0.39 is 6.10 Å². The van der Waals surface area contributed by atoms with Gasteiger partial charge in [0.25, 0.3) is 0 Å². The van der Waals surface area contributed by atoms with Crippen LogP contribution in [0.4, 0.5) is 5.82 Å². The number of anilines is 1. The minimum absolute atomic E-state index is 0.412. The lowest BCUT2D eigenvalue weighted by molar-refractivity contribution is 0.208. The van der Waals surface area contributed by atoms with E-state index in [0.29, 0.717) is 23.7 Å². The summed E-state index contributed by atoms with van der Waals surface area (Å²) in [6.45, 7) is 4.33. The number of aromatic nitrogens is 3. The molecule has 0 saturated heterocycles. The molecule has 1 atom stereocenters. The predicted octanol–water partition coefficient (Wildman–Crippen LogP) is 3.40. The highest BCUT2D eigenvalue weighted by Crippen LogP contribution is 2.37. The Morgan fingerprint density at radius 3 is 2.80 bits per heavy atom. The van der Waals surface area contributed by atoms with E-state index in [1.165, 1.54) is 29.7 Å². The summed E-state index contributed by atoms with van der Waals surface area (Å²) in [6.07, 6.45) is 7.72. The first-order chi connectivity index (χ1) is 12.2. The fourth-order valence-corrected chi connectivity index (χ4v) is 3.75. The van der Waals surface area contributed by atoms with Crippen molar-refractivity contribution in [2.24, 2.45) is 0 Å². The van der Waals surface area contributed by atoms with Crippen LogP contribution < -0.4 is 5.32 Å². The first-order valence-corrected chi connectivity index (χ1v) is 9.18.